The predicted molar refractivity (Wildman–Crippen MR) is 72.6 cm³/mol. The number of carbonyl (C=O) groups excluding carboxylic acids is 1. The van der Waals surface area contributed by atoms with Gasteiger partial charge in [-0.2, -0.15) is 0 Å². The third-order valence-corrected chi connectivity index (χ3v) is 3.10. The van der Waals surface area contributed by atoms with Crippen molar-refractivity contribution in [3.8, 4) is 0 Å². The van der Waals surface area contributed by atoms with E-state index in [9.17, 15) is 4.79 Å². The molecular weight excluding hydrogens is 226 g/mol. The summed E-state index contributed by atoms with van der Waals surface area (Å²) in [6.07, 6.45) is 10.4. The molecule has 0 fully saturated rings. The van der Waals surface area contributed by atoms with Crippen LogP contribution in [0.4, 0.5) is 0 Å². The van der Waals surface area contributed by atoms with E-state index in [1.54, 1.807) is 10.9 Å². The average molecular weight is 251 g/mol. The normalized spacial score (nSPS) is 10.8. The summed E-state index contributed by atoms with van der Waals surface area (Å²) in [6.45, 7) is 5.06. The molecule has 4 heteroatoms. The Bertz CT molecular complexity index is 347. The minimum atomic E-state index is 0.184. The first-order chi connectivity index (χ1) is 8.79. The van der Waals surface area contributed by atoms with Gasteiger partial charge in [-0.3, -0.25) is 4.79 Å². The maximum Gasteiger partial charge on any atom is 0.182 e. The summed E-state index contributed by atoms with van der Waals surface area (Å²) in [5, 5.41) is 7.76. The number of carbonyl (C=O) groups is 1. The molecular formula is C14H25N3O. The summed E-state index contributed by atoms with van der Waals surface area (Å²) in [4.78, 5) is 12.0. The number of ketones is 1. The van der Waals surface area contributed by atoms with Crippen LogP contribution in [-0.4, -0.2) is 20.8 Å². The number of rotatable bonds is 10. The van der Waals surface area contributed by atoms with Gasteiger partial charge in [0, 0.05) is 13.0 Å². The number of Topliss-reactive ketones (excluding diaryl/α,β-unsaturated/α-hetero) is 1. The van der Waals surface area contributed by atoms with E-state index < -0.39 is 0 Å². The van der Waals surface area contributed by atoms with Gasteiger partial charge in [-0.05, 0) is 12.8 Å². The SMILES string of the molecule is CCCCCCCCC(=O)c1cnnn1CCC. The summed E-state index contributed by atoms with van der Waals surface area (Å²) in [5.74, 6) is 0.184. The molecule has 0 amide bonds. The maximum atomic E-state index is 12.0. The van der Waals surface area contributed by atoms with E-state index in [-0.39, 0.29) is 5.78 Å². The Labute approximate surface area is 110 Å². The number of aryl methyl sites for hydroxylation is 1. The third-order valence-electron chi connectivity index (χ3n) is 3.10. The highest BCUT2D eigenvalue weighted by molar-refractivity contribution is 5.94. The summed E-state index contributed by atoms with van der Waals surface area (Å²) in [5.41, 5.74) is 0.672. The van der Waals surface area contributed by atoms with E-state index in [1.165, 1.54) is 25.7 Å². The molecule has 1 rings (SSSR count). The van der Waals surface area contributed by atoms with Crippen LogP contribution in [0.25, 0.3) is 0 Å². The van der Waals surface area contributed by atoms with Gasteiger partial charge in [0.15, 0.2) is 5.78 Å². The first kappa shape index (κ1) is 14.9. The molecule has 0 unspecified atom stereocenters. The van der Waals surface area contributed by atoms with Gasteiger partial charge >= 0.3 is 0 Å². The molecule has 18 heavy (non-hydrogen) atoms. The molecule has 1 aromatic heterocycles. The monoisotopic (exact) mass is 251 g/mol. The molecule has 0 aliphatic heterocycles. The van der Waals surface area contributed by atoms with Crippen molar-refractivity contribution in [2.75, 3.05) is 0 Å². The molecule has 0 saturated heterocycles. The molecule has 1 aromatic rings. The fourth-order valence-corrected chi connectivity index (χ4v) is 2.04. The van der Waals surface area contributed by atoms with Crippen LogP contribution in [0.15, 0.2) is 6.20 Å². The fourth-order valence-electron chi connectivity index (χ4n) is 2.04. The zero-order valence-corrected chi connectivity index (χ0v) is 11.7. The van der Waals surface area contributed by atoms with Crippen LogP contribution in [0.3, 0.4) is 0 Å². The van der Waals surface area contributed by atoms with Crippen molar-refractivity contribution in [3.63, 3.8) is 0 Å². The molecule has 102 valence electrons. The largest absolute Gasteiger partial charge is 0.292 e. The lowest BCUT2D eigenvalue weighted by Crippen LogP contribution is -2.10. The standard InChI is InChI=1S/C14H25N3O/c1-3-5-6-7-8-9-10-14(18)13-12-15-16-17(13)11-4-2/h12H,3-11H2,1-2H3. The number of nitrogens with zero attached hydrogens (tertiary/aromatic N) is 3. The van der Waals surface area contributed by atoms with Crippen LogP contribution in [0.2, 0.25) is 0 Å². The van der Waals surface area contributed by atoms with Crippen LogP contribution in [0.1, 0.15) is 75.7 Å². The van der Waals surface area contributed by atoms with Crippen LogP contribution in [-0.2, 0) is 6.54 Å². The molecule has 0 N–H and O–H groups in total. The Hall–Kier alpha value is -1.19. The van der Waals surface area contributed by atoms with Crippen LogP contribution >= 0.6 is 0 Å². The highest BCUT2D eigenvalue weighted by Gasteiger charge is 2.11. The topological polar surface area (TPSA) is 47.8 Å². The second kappa shape index (κ2) is 8.84. The molecule has 0 bridgehead atoms. The lowest BCUT2D eigenvalue weighted by molar-refractivity contribution is 0.0968. The van der Waals surface area contributed by atoms with Gasteiger partial charge in [-0.1, -0.05) is 51.2 Å². The lowest BCUT2D eigenvalue weighted by Gasteiger charge is -2.04. The van der Waals surface area contributed by atoms with Crippen molar-refractivity contribution in [1.29, 1.82) is 0 Å². The van der Waals surface area contributed by atoms with Crippen molar-refractivity contribution in [1.82, 2.24) is 15.0 Å². The molecule has 4 nitrogen and oxygen atoms in total. The maximum absolute atomic E-state index is 12.0. The minimum absolute atomic E-state index is 0.184. The number of unbranched alkanes of at least 4 members (excludes halogenated alkanes) is 5. The Morgan fingerprint density at radius 2 is 1.83 bits per heavy atom. The van der Waals surface area contributed by atoms with E-state index in [1.807, 2.05) is 0 Å². The van der Waals surface area contributed by atoms with Gasteiger partial charge in [0.25, 0.3) is 0 Å². The van der Waals surface area contributed by atoms with E-state index in [0.717, 1.165) is 25.8 Å². The average Bonchev–Trinajstić information content (AvgIpc) is 2.82. The van der Waals surface area contributed by atoms with Crippen molar-refractivity contribution >= 4 is 5.78 Å². The second-order valence-electron chi connectivity index (χ2n) is 4.78. The van der Waals surface area contributed by atoms with Gasteiger partial charge in [0.05, 0.1) is 6.20 Å². The van der Waals surface area contributed by atoms with Crippen molar-refractivity contribution in [2.45, 2.75) is 71.8 Å². The van der Waals surface area contributed by atoms with E-state index in [2.05, 4.69) is 24.2 Å². The molecule has 0 saturated carbocycles. The van der Waals surface area contributed by atoms with Crippen LogP contribution in [0, 0.1) is 0 Å². The molecule has 0 atom stereocenters. The first-order valence-electron chi connectivity index (χ1n) is 7.21. The number of hydrogen-bond donors (Lipinski definition) is 0. The van der Waals surface area contributed by atoms with Crippen molar-refractivity contribution in [3.05, 3.63) is 11.9 Å². The Balaban J connectivity index is 2.25. The van der Waals surface area contributed by atoms with Gasteiger partial charge in [0.2, 0.25) is 0 Å². The number of aromatic nitrogens is 3. The second-order valence-corrected chi connectivity index (χ2v) is 4.78. The predicted octanol–water partition coefficient (Wildman–Crippen LogP) is 3.62. The highest BCUT2D eigenvalue weighted by atomic mass is 16.1. The minimum Gasteiger partial charge on any atom is -0.292 e. The summed E-state index contributed by atoms with van der Waals surface area (Å²) < 4.78 is 1.72. The van der Waals surface area contributed by atoms with E-state index in [4.69, 9.17) is 0 Å². The third kappa shape index (κ3) is 4.98. The zero-order valence-electron chi connectivity index (χ0n) is 11.7. The number of hydrogen-bond acceptors (Lipinski definition) is 3. The molecule has 0 spiro atoms. The van der Waals surface area contributed by atoms with Crippen LogP contribution < -0.4 is 0 Å². The van der Waals surface area contributed by atoms with Gasteiger partial charge in [0.1, 0.15) is 5.69 Å². The van der Waals surface area contributed by atoms with E-state index in [0.29, 0.717) is 12.1 Å². The molecule has 1 heterocycles. The van der Waals surface area contributed by atoms with Crippen LogP contribution in [0.5, 0.6) is 0 Å². The molecule has 0 radical (unpaired) electrons. The highest BCUT2D eigenvalue weighted by Crippen LogP contribution is 2.10. The smallest absolute Gasteiger partial charge is 0.182 e. The Morgan fingerprint density at radius 3 is 2.56 bits per heavy atom. The first-order valence-corrected chi connectivity index (χ1v) is 7.21. The summed E-state index contributed by atoms with van der Waals surface area (Å²) in [7, 11) is 0. The molecule has 0 aliphatic carbocycles. The van der Waals surface area contributed by atoms with Gasteiger partial charge in [-0.15, -0.1) is 5.10 Å². The van der Waals surface area contributed by atoms with Crippen molar-refractivity contribution in [2.24, 2.45) is 0 Å². The Kier molecular flexibility index (Phi) is 7.30. The summed E-state index contributed by atoms with van der Waals surface area (Å²) >= 11 is 0. The summed E-state index contributed by atoms with van der Waals surface area (Å²) in [6, 6.07) is 0. The Morgan fingerprint density at radius 1 is 1.11 bits per heavy atom. The fraction of sp³-hybridized carbons (Fsp3) is 0.786. The van der Waals surface area contributed by atoms with Crippen molar-refractivity contribution < 1.29 is 4.79 Å². The van der Waals surface area contributed by atoms with Gasteiger partial charge in [-0.25, -0.2) is 4.68 Å². The molecule has 0 aliphatic rings. The van der Waals surface area contributed by atoms with E-state index >= 15 is 0 Å². The lowest BCUT2D eigenvalue weighted by atomic mass is 10.1. The molecule has 0 aromatic carbocycles. The quantitative estimate of drug-likeness (QED) is 0.471. The zero-order chi connectivity index (χ0) is 13.2. The van der Waals surface area contributed by atoms with Gasteiger partial charge < -0.3 is 0 Å².